The second-order valence-electron chi connectivity index (χ2n) is 5.06. The van der Waals surface area contributed by atoms with E-state index in [2.05, 4.69) is 23.5 Å². The summed E-state index contributed by atoms with van der Waals surface area (Å²) in [5, 5.41) is 12.3. The number of benzene rings is 1. The third kappa shape index (κ3) is 4.66. The molecular formula is C16H22N2O. The third-order valence-corrected chi connectivity index (χ3v) is 3.65. The Morgan fingerprint density at radius 1 is 1.26 bits per heavy atom. The highest BCUT2D eigenvalue weighted by Crippen LogP contribution is 2.20. The average molecular weight is 258 g/mol. The van der Waals surface area contributed by atoms with Crippen molar-refractivity contribution in [2.45, 2.75) is 44.2 Å². The summed E-state index contributed by atoms with van der Waals surface area (Å²) in [6, 6.07) is 12.5. The molecule has 0 aromatic heterocycles. The summed E-state index contributed by atoms with van der Waals surface area (Å²) in [6.45, 7) is 1.54. The Kier molecular flexibility index (Phi) is 5.87. The first-order valence-corrected chi connectivity index (χ1v) is 7.17. The quantitative estimate of drug-likeness (QED) is 0.764. The Bertz CT molecular complexity index is 393. The van der Waals surface area contributed by atoms with E-state index in [0.29, 0.717) is 12.5 Å². The molecule has 1 saturated carbocycles. The maximum atomic E-state index is 8.91. The van der Waals surface area contributed by atoms with Crippen LogP contribution in [0.4, 0.5) is 0 Å². The molecule has 1 aromatic rings. The zero-order valence-corrected chi connectivity index (χ0v) is 11.3. The van der Waals surface area contributed by atoms with E-state index in [4.69, 9.17) is 10.00 Å². The summed E-state index contributed by atoms with van der Waals surface area (Å²) in [5.74, 6) is 0. The Morgan fingerprint density at radius 3 is 2.68 bits per heavy atom. The molecule has 1 fully saturated rings. The van der Waals surface area contributed by atoms with E-state index in [9.17, 15) is 0 Å². The Labute approximate surface area is 115 Å². The Morgan fingerprint density at radius 2 is 2.00 bits per heavy atom. The standard InChI is InChI=1S/C16H22N2O/c17-11-10-16(14-6-2-1-3-7-14)18-12-13-19-15-8-4-5-9-15/h1-3,6-7,15-16,18H,4-5,8-10,12-13H2. The maximum Gasteiger partial charge on any atom is 0.0641 e. The molecule has 1 aliphatic carbocycles. The van der Waals surface area contributed by atoms with Crippen LogP contribution >= 0.6 is 0 Å². The lowest BCUT2D eigenvalue weighted by Gasteiger charge is -2.17. The van der Waals surface area contributed by atoms with Gasteiger partial charge in [0.25, 0.3) is 0 Å². The van der Waals surface area contributed by atoms with Crippen molar-refractivity contribution < 1.29 is 4.74 Å². The fraction of sp³-hybridized carbons (Fsp3) is 0.562. The van der Waals surface area contributed by atoms with E-state index >= 15 is 0 Å². The number of nitriles is 1. The number of hydrogen-bond donors (Lipinski definition) is 1. The van der Waals surface area contributed by atoms with Gasteiger partial charge in [-0.2, -0.15) is 5.26 Å². The van der Waals surface area contributed by atoms with Gasteiger partial charge < -0.3 is 10.1 Å². The number of rotatable bonds is 7. The minimum Gasteiger partial charge on any atom is -0.377 e. The fourth-order valence-electron chi connectivity index (χ4n) is 2.60. The van der Waals surface area contributed by atoms with Gasteiger partial charge in [0, 0.05) is 12.6 Å². The van der Waals surface area contributed by atoms with Gasteiger partial charge in [-0.3, -0.25) is 0 Å². The molecule has 0 radical (unpaired) electrons. The topological polar surface area (TPSA) is 45.0 Å². The lowest BCUT2D eigenvalue weighted by molar-refractivity contribution is 0.0591. The first-order valence-electron chi connectivity index (χ1n) is 7.17. The van der Waals surface area contributed by atoms with Crippen LogP contribution in [0.15, 0.2) is 30.3 Å². The molecule has 2 rings (SSSR count). The van der Waals surface area contributed by atoms with E-state index in [0.717, 1.165) is 13.2 Å². The summed E-state index contributed by atoms with van der Waals surface area (Å²) >= 11 is 0. The van der Waals surface area contributed by atoms with Gasteiger partial charge in [0.2, 0.25) is 0 Å². The van der Waals surface area contributed by atoms with Gasteiger partial charge >= 0.3 is 0 Å². The van der Waals surface area contributed by atoms with Crippen LogP contribution in [0.5, 0.6) is 0 Å². The van der Waals surface area contributed by atoms with Crippen molar-refractivity contribution in [3.8, 4) is 6.07 Å². The van der Waals surface area contributed by atoms with Crippen LogP contribution in [0.25, 0.3) is 0 Å². The van der Waals surface area contributed by atoms with Gasteiger partial charge in [-0.05, 0) is 18.4 Å². The summed E-state index contributed by atoms with van der Waals surface area (Å²) in [7, 11) is 0. The molecular weight excluding hydrogens is 236 g/mol. The molecule has 0 heterocycles. The van der Waals surface area contributed by atoms with Crippen molar-refractivity contribution in [3.63, 3.8) is 0 Å². The average Bonchev–Trinajstić information content (AvgIpc) is 2.96. The van der Waals surface area contributed by atoms with Crippen LogP contribution in [0, 0.1) is 11.3 Å². The highest BCUT2D eigenvalue weighted by molar-refractivity contribution is 5.19. The van der Waals surface area contributed by atoms with Gasteiger partial charge in [0.05, 0.1) is 25.2 Å². The number of nitrogens with zero attached hydrogens (tertiary/aromatic N) is 1. The van der Waals surface area contributed by atoms with Crippen molar-refractivity contribution in [1.82, 2.24) is 5.32 Å². The zero-order valence-electron chi connectivity index (χ0n) is 11.3. The largest absolute Gasteiger partial charge is 0.377 e. The Balaban J connectivity index is 1.73. The maximum absolute atomic E-state index is 8.91. The van der Waals surface area contributed by atoms with Crippen molar-refractivity contribution in [1.29, 1.82) is 5.26 Å². The van der Waals surface area contributed by atoms with Gasteiger partial charge in [-0.25, -0.2) is 0 Å². The molecule has 0 amide bonds. The van der Waals surface area contributed by atoms with Crippen LogP contribution in [-0.4, -0.2) is 19.3 Å². The molecule has 0 spiro atoms. The monoisotopic (exact) mass is 258 g/mol. The highest BCUT2D eigenvalue weighted by Gasteiger charge is 2.15. The van der Waals surface area contributed by atoms with Gasteiger partial charge in [0.1, 0.15) is 0 Å². The molecule has 0 aliphatic heterocycles. The molecule has 1 unspecified atom stereocenters. The summed E-state index contributed by atoms with van der Waals surface area (Å²) < 4.78 is 5.82. The van der Waals surface area contributed by atoms with Gasteiger partial charge in [-0.1, -0.05) is 43.2 Å². The molecule has 102 valence electrons. The smallest absolute Gasteiger partial charge is 0.0641 e. The predicted octanol–water partition coefficient (Wildman–Crippen LogP) is 3.19. The van der Waals surface area contributed by atoms with E-state index < -0.39 is 0 Å². The third-order valence-electron chi connectivity index (χ3n) is 3.65. The van der Waals surface area contributed by atoms with Crippen molar-refractivity contribution in [2.75, 3.05) is 13.2 Å². The van der Waals surface area contributed by atoms with Gasteiger partial charge in [-0.15, -0.1) is 0 Å². The fourth-order valence-corrected chi connectivity index (χ4v) is 2.60. The minimum absolute atomic E-state index is 0.110. The number of ether oxygens (including phenoxy) is 1. The van der Waals surface area contributed by atoms with Crippen molar-refractivity contribution >= 4 is 0 Å². The molecule has 3 nitrogen and oxygen atoms in total. The summed E-state index contributed by atoms with van der Waals surface area (Å²) in [5.41, 5.74) is 1.17. The van der Waals surface area contributed by atoms with E-state index in [1.54, 1.807) is 0 Å². The summed E-state index contributed by atoms with van der Waals surface area (Å²) in [4.78, 5) is 0. The molecule has 19 heavy (non-hydrogen) atoms. The van der Waals surface area contributed by atoms with Crippen molar-refractivity contribution in [3.05, 3.63) is 35.9 Å². The summed E-state index contributed by atoms with van der Waals surface area (Å²) in [6.07, 6.45) is 5.99. The lowest BCUT2D eigenvalue weighted by Crippen LogP contribution is -2.26. The minimum atomic E-state index is 0.110. The Hall–Kier alpha value is -1.37. The molecule has 0 bridgehead atoms. The second kappa shape index (κ2) is 7.93. The highest BCUT2D eigenvalue weighted by atomic mass is 16.5. The van der Waals surface area contributed by atoms with E-state index in [-0.39, 0.29) is 6.04 Å². The normalized spacial score (nSPS) is 17.2. The molecule has 3 heteroatoms. The first-order chi connectivity index (χ1) is 9.40. The number of hydrogen-bond acceptors (Lipinski definition) is 3. The van der Waals surface area contributed by atoms with Crippen LogP contribution in [-0.2, 0) is 4.74 Å². The predicted molar refractivity (Wildman–Crippen MR) is 75.6 cm³/mol. The zero-order chi connectivity index (χ0) is 13.3. The van der Waals surface area contributed by atoms with Crippen molar-refractivity contribution in [2.24, 2.45) is 0 Å². The van der Waals surface area contributed by atoms with E-state index in [1.165, 1.54) is 31.2 Å². The molecule has 1 aromatic carbocycles. The SMILES string of the molecule is N#CCC(NCCOC1CCCC1)c1ccccc1. The lowest BCUT2D eigenvalue weighted by atomic mass is 10.0. The van der Waals surface area contributed by atoms with E-state index in [1.807, 2.05) is 18.2 Å². The van der Waals surface area contributed by atoms with Crippen LogP contribution in [0.3, 0.4) is 0 Å². The number of nitrogens with one attached hydrogen (secondary N) is 1. The molecule has 1 N–H and O–H groups in total. The van der Waals surface area contributed by atoms with Crippen LogP contribution < -0.4 is 5.32 Å². The first kappa shape index (κ1) is 14.0. The second-order valence-corrected chi connectivity index (χ2v) is 5.06. The van der Waals surface area contributed by atoms with Gasteiger partial charge in [0.15, 0.2) is 0 Å². The molecule has 1 aliphatic rings. The van der Waals surface area contributed by atoms with Crippen LogP contribution in [0.2, 0.25) is 0 Å². The molecule has 1 atom stereocenters. The van der Waals surface area contributed by atoms with Crippen LogP contribution in [0.1, 0.15) is 43.7 Å². The molecule has 0 saturated heterocycles.